The highest BCUT2D eigenvalue weighted by Gasteiger charge is 2.44. The number of carbonyl (C=O) groups is 1. The van der Waals surface area contributed by atoms with Crippen LogP contribution in [0.4, 0.5) is 21.7 Å². The number of benzene rings is 2. The van der Waals surface area contributed by atoms with E-state index in [4.69, 9.17) is 4.98 Å². The van der Waals surface area contributed by atoms with Crippen molar-refractivity contribution >= 4 is 23.2 Å². The zero-order valence-corrected chi connectivity index (χ0v) is 17.9. The number of nitrogens with zero attached hydrogens (tertiary/aromatic N) is 2. The van der Waals surface area contributed by atoms with Gasteiger partial charge in [0.1, 0.15) is 11.6 Å². The molecule has 5 nitrogen and oxygen atoms in total. The van der Waals surface area contributed by atoms with Gasteiger partial charge < -0.3 is 15.5 Å². The molecule has 1 aliphatic heterocycles. The second-order valence-corrected chi connectivity index (χ2v) is 8.59. The first-order valence-corrected chi connectivity index (χ1v) is 11.3. The lowest BCUT2D eigenvalue weighted by Crippen LogP contribution is -2.23. The molecule has 2 atom stereocenters. The van der Waals surface area contributed by atoms with Gasteiger partial charge in [-0.25, -0.2) is 9.37 Å². The number of carbonyl (C=O) groups excluding carboxylic acids is 1. The quantitative estimate of drug-likeness (QED) is 0.543. The Balaban J connectivity index is 1.29. The van der Waals surface area contributed by atoms with Gasteiger partial charge in [0.15, 0.2) is 5.82 Å². The van der Waals surface area contributed by atoms with Crippen molar-refractivity contribution in [2.75, 3.05) is 28.6 Å². The van der Waals surface area contributed by atoms with Crippen molar-refractivity contribution in [1.29, 1.82) is 0 Å². The maximum atomic E-state index is 13.1. The summed E-state index contributed by atoms with van der Waals surface area (Å²) in [5.41, 5.74) is 2.97. The van der Waals surface area contributed by atoms with Crippen LogP contribution in [-0.4, -0.2) is 24.0 Å². The third-order valence-electron chi connectivity index (χ3n) is 6.28. The van der Waals surface area contributed by atoms with Gasteiger partial charge in [-0.2, -0.15) is 0 Å². The Bertz CT molecular complexity index is 1080. The monoisotopic (exact) mass is 430 g/mol. The average molecular weight is 431 g/mol. The fourth-order valence-corrected chi connectivity index (χ4v) is 4.39. The number of nitrogens with one attached hydrogen (secondary N) is 2. The topological polar surface area (TPSA) is 57.3 Å². The Morgan fingerprint density at radius 1 is 1.00 bits per heavy atom. The van der Waals surface area contributed by atoms with Gasteiger partial charge in [0.25, 0.3) is 0 Å². The van der Waals surface area contributed by atoms with Gasteiger partial charge in [-0.3, -0.25) is 4.79 Å². The van der Waals surface area contributed by atoms with Crippen LogP contribution in [0.1, 0.15) is 36.3 Å². The van der Waals surface area contributed by atoms with E-state index < -0.39 is 0 Å². The highest BCUT2D eigenvalue weighted by atomic mass is 19.1. The van der Waals surface area contributed by atoms with E-state index in [0.29, 0.717) is 12.5 Å². The van der Waals surface area contributed by atoms with Crippen molar-refractivity contribution in [2.24, 2.45) is 5.92 Å². The lowest BCUT2D eigenvalue weighted by atomic mass is 10.1. The summed E-state index contributed by atoms with van der Waals surface area (Å²) in [6.45, 7) is 2.43. The van der Waals surface area contributed by atoms with Gasteiger partial charge in [0, 0.05) is 25.6 Å². The molecule has 1 amide bonds. The molecule has 0 unspecified atom stereocenters. The molecule has 2 aliphatic rings. The Morgan fingerprint density at radius 2 is 1.75 bits per heavy atom. The van der Waals surface area contributed by atoms with Gasteiger partial charge in [-0.05, 0) is 60.6 Å². The molecule has 5 rings (SSSR count). The molecule has 164 valence electrons. The minimum Gasteiger partial charge on any atom is -0.366 e. The first-order valence-electron chi connectivity index (χ1n) is 11.3. The summed E-state index contributed by atoms with van der Waals surface area (Å²) in [7, 11) is 0. The number of amides is 1. The van der Waals surface area contributed by atoms with Gasteiger partial charge in [0.05, 0.1) is 5.69 Å². The number of anilines is 3. The first-order chi connectivity index (χ1) is 15.7. The van der Waals surface area contributed by atoms with Crippen LogP contribution in [0.15, 0.2) is 66.7 Å². The predicted molar refractivity (Wildman–Crippen MR) is 125 cm³/mol. The summed E-state index contributed by atoms with van der Waals surface area (Å²) in [6.07, 6.45) is 3.14. The predicted octanol–water partition coefficient (Wildman–Crippen LogP) is 5.18. The van der Waals surface area contributed by atoms with Gasteiger partial charge in [0.2, 0.25) is 5.91 Å². The van der Waals surface area contributed by atoms with Crippen molar-refractivity contribution in [1.82, 2.24) is 4.98 Å². The number of aromatic nitrogens is 1. The number of rotatable bonds is 7. The van der Waals surface area contributed by atoms with E-state index in [0.717, 1.165) is 55.2 Å². The molecule has 1 saturated carbocycles. The molecule has 32 heavy (non-hydrogen) atoms. The van der Waals surface area contributed by atoms with E-state index in [9.17, 15) is 9.18 Å². The average Bonchev–Trinajstić information content (AvgIpc) is 3.45. The summed E-state index contributed by atoms with van der Waals surface area (Å²) in [6, 6.07) is 20.5. The van der Waals surface area contributed by atoms with E-state index in [2.05, 4.69) is 27.7 Å². The van der Waals surface area contributed by atoms with Crippen LogP contribution in [0.2, 0.25) is 0 Å². The van der Waals surface area contributed by atoms with Gasteiger partial charge in [-0.15, -0.1) is 0 Å². The van der Waals surface area contributed by atoms with Crippen molar-refractivity contribution in [2.45, 2.75) is 31.7 Å². The summed E-state index contributed by atoms with van der Waals surface area (Å²) in [4.78, 5) is 20.0. The summed E-state index contributed by atoms with van der Waals surface area (Å²) >= 11 is 0. The fourth-order valence-electron chi connectivity index (χ4n) is 4.39. The number of pyridine rings is 1. The number of hydrogen-bond donors (Lipinski definition) is 2. The SMILES string of the molecule is O=C(Nc1ccc(NCc2ccc(F)cc2)nc1N1CCCC1)[C@@H]1C[C@H]1c1ccccc1. The van der Waals surface area contributed by atoms with Gasteiger partial charge >= 0.3 is 0 Å². The lowest BCUT2D eigenvalue weighted by Gasteiger charge is -2.21. The molecular formula is C26H27FN4O. The maximum absolute atomic E-state index is 13.1. The van der Waals surface area contributed by atoms with E-state index >= 15 is 0 Å². The third kappa shape index (κ3) is 4.59. The Labute approximate surface area is 187 Å². The highest BCUT2D eigenvalue weighted by Crippen LogP contribution is 2.48. The van der Waals surface area contributed by atoms with Crippen LogP contribution in [0.3, 0.4) is 0 Å². The minimum atomic E-state index is -0.242. The largest absolute Gasteiger partial charge is 0.366 e. The van der Waals surface area contributed by atoms with Crippen LogP contribution in [-0.2, 0) is 11.3 Å². The molecule has 0 spiro atoms. The number of halogens is 1. The summed E-state index contributed by atoms with van der Waals surface area (Å²) < 4.78 is 13.1. The van der Waals surface area contributed by atoms with E-state index in [1.54, 1.807) is 12.1 Å². The summed E-state index contributed by atoms with van der Waals surface area (Å²) in [5.74, 6) is 1.69. The Kier molecular flexibility index (Phi) is 5.75. The van der Waals surface area contributed by atoms with E-state index in [-0.39, 0.29) is 17.6 Å². The third-order valence-corrected chi connectivity index (χ3v) is 6.28. The molecule has 2 fully saturated rings. The number of hydrogen-bond acceptors (Lipinski definition) is 4. The molecule has 6 heteroatoms. The van der Waals surface area contributed by atoms with E-state index in [1.165, 1.54) is 17.7 Å². The maximum Gasteiger partial charge on any atom is 0.228 e. The molecular weight excluding hydrogens is 403 g/mol. The molecule has 3 aromatic rings. The first kappa shape index (κ1) is 20.5. The molecule has 2 heterocycles. The second kappa shape index (κ2) is 8.99. The van der Waals surface area contributed by atoms with Crippen LogP contribution in [0.5, 0.6) is 0 Å². The van der Waals surface area contributed by atoms with Crippen molar-refractivity contribution in [3.05, 3.63) is 83.7 Å². The molecule has 0 bridgehead atoms. The van der Waals surface area contributed by atoms with Crippen LogP contribution >= 0.6 is 0 Å². The molecule has 0 radical (unpaired) electrons. The highest BCUT2D eigenvalue weighted by molar-refractivity contribution is 5.97. The lowest BCUT2D eigenvalue weighted by molar-refractivity contribution is -0.117. The second-order valence-electron chi connectivity index (χ2n) is 8.59. The molecule has 1 saturated heterocycles. The standard InChI is InChI=1S/C26H27FN4O/c27-20-10-8-18(9-11-20)17-28-24-13-12-23(25(30-24)31-14-4-5-15-31)29-26(32)22-16-21(22)19-6-2-1-3-7-19/h1-3,6-13,21-22H,4-5,14-17H2,(H,28,30)(H,29,32)/t21-,22+/m0/s1. The normalized spacial score (nSPS) is 19.6. The molecule has 2 N–H and O–H groups in total. The zero-order chi connectivity index (χ0) is 21.9. The van der Waals surface area contributed by atoms with Crippen molar-refractivity contribution in [3.8, 4) is 0 Å². The minimum absolute atomic E-state index is 0.0140. The van der Waals surface area contributed by atoms with E-state index in [1.807, 2.05) is 30.3 Å². The summed E-state index contributed by atoms with van der Waals surface area (Å²) in [5, 5.41) is 6.46. The zero-order valence-electron chi connectivity index (χ0n) is 17.9. The van der Waals surface area contributed by atoms with Crippen molar-refractivity contribution in [3.63, 3.8) is 0 Å². The molecule has 2 aromatic carbocycles. The van der Waals surface area contributed by atoms with Crippen LogP contribution in [0.25, 0.3) is 0 Å². The van der Waals surface area contributed by atoms with Crippen molar-refractivity contribution < 1.29 is 9.18 Å². The molecule has 1 aliphatic carbocycles. The Morgan fingerprint density at radius 3 is 2.50 bits per heavy atom. The fraction of sp³-hybridized carbons (Fsp3) is 0.308. The molecule has 1 aromatic heterocycles. The smallest absolute Gasteiger partial charge is 0.228 e. The Hall–Kier alpha value is -3.41. The van der Waals surface area contributed by atoms with Crippen LogP contribution < -0.4 is 15.5 Å². The van der Waals surface area contributed by atoms with Crippen LogP contribution in [0, 0.1) is 11.7 Å². The van der Waals surface area contributed by atoms with Gasteiger partial charge in [-0.1, -0.05) is 42.5 Å².